The van der Waals surface area contributed by atoms with Gasteiger partial charge in [0.25, 0.3) is 11.6 Å². The van der Waals surface area contributed by atoms with Crippen molar-refractivity contribution in [1.29, 1.82) is 0 Å². The van der Waals surface area contributed by atoms with Crippen LogP contribution in [-0.2, 0) is 9.53 Å². The van der Waals surface area contributed by atoms with Crippen molar-refractivity contribution in [2.24, 2.45) is 0 Å². The Hall–Kier alpha value is -4.00. The van der Waals surface area contributed by atoms with Crippen molar-refractivity contribution in [1.82, 2.24) is 5.32 Å². The largest absolute Gasteiger partial charge is 0.449 e. The lowest BCUT2D eigenvalue weighted by Gasteiger charge is -2.22. The molecular formula is C23H20N2O5. The Bertz CT molecular complexity index is 998. The van der Waals surface area contributed by atoms with E-state index in [2.05, 4.69) is 5.32 Å². The van der Waals surface area contributed by atoms with Crippen LogP contribution < -0.4 is 5.32 Å². The molecule has 7 nitrogen and oxygen atoms in total. The SMILES string of the molecule is C[C@@H](OC(=O)c1cccc([N+](=O)[O-])c1)C(=O)NC(c1ccccc1)c1ccccc1. The van der Waals surface area contributed by atoms with Gasteiger partial charge in [0.1, 0.15) is 0 Å². The van der Waals surface area contributed by atoms with E-state index in [1.165, 1.54) is 25.1 Å². The number of nitrogens with zero attached hydrogens (tertiary/aromatic N) is 1. The van der Waals surface area contributed by atoms with Crippen LogP contribution in [0.3, 0.4) is 0 Å². The Morgan fingerprint density at radius 1 is 0.900 bits per heavy atom. The number of nitro benzene ring substituents is 1. The molecule has 0 fully saturated rings. The Balaban J connectivity index is 1.73. The summed E-state index contributed by atoms with van der Waals surface area (Å²) in [6.07, 6.45) is -1.09. The van der Waals surface area contributed by atoms with Gasteiger partial charge in [0.05, 0.1) is 16.5 Å². The zero-order valence-electron chi connectivity index (χ0n) is 16.2. The first-order valence-electron chi connectivity index (χ1n) is 9.31. The van der Waals surface area contributed by atoms with Crippen molar-refractivity contribution >= 4 is 17.6 Å². The van der Waals surface area contributed by atoms with Crippen LogP contribution in [0.4, 0.5) is 5.69 Å². The molecule has 0 aliphatic heterocycles. The first-order chi connectivity index (χ1) is 14.5. The topological polar surface area (TPSA) is 98.5 Å². The number of nitrogens with one attached hydrogen (secondary N) is 1. The fourth-order valence-corrected chi connectivity index (χ4v) is 2.94. The third-order valence-corrected chi connectivity index (χ3v) is 4.50. The molecule has 1 atom stereocenters. The van der Waals surface area contributed by atoms with Gasteiger partial charge in [0.2, 0.25) is 0 Å². The highest BCUT2D eigenvalue weighted by atomic mass is 16.6. The summed E-state index contributed by atoms with van der Waals surface area (Å²) >= 11 is 0. The average molecular weight is 404 g/mol. The van der Waals surface area contributed by atoms with E-state index in [1.807, 2.05) is 60.7 Å². The number of carbonyl (C=O) groups excluding carboxylic acids is 2. The van der Waals surface area contributed by atoms with Crippen LogP contribution in [0.5, 0.6) is 0 Å². The van der Waals surface area contributed by atoms with E-state index in [0.29, 0.717) is 0 Å². The molecule has 0 radical (unpaired) electrons. The van der Waals surface area contributed by atoms with Gasteiger partial charge >= 0.3 is 5.97 Å². The summed E-state index contributed by atoms with van der Waals surface area (Å²) in [5, 5.41) is 13.8. The van der Waals surface area contributed by atoms with Crippen molar-refractivity contribution in [2.45, 2.75) is 19.1 Å². The van der Waals surface area contributed by atoms with Crippen molar-refractivity contribution in [3.63, 3.8) is 0 Å². The third kappa shape index (κ3) is 5.08. The number of amides is 1. The number of esters is 1. The van der Waals surface area contributed by atoms with Gasteiger partial charge < -0.3 is 10.1 Å². The maximum Gasteiger partial charge on any atom is 0.339 e. The normalized spacial score (nSPS) is 11.5. The summed E-state index contributed by atoms with van der Waals surface area (Å²) in [5.41, 5.74) is 1.55. The first kappa shape index (κ1) is 20.7. The summed E-state index contributed by atoms with van der Waals surface area (Å²) in [7, 11) is 0. The van der Waals surface area contributed by atoms with Crippen LogP contribution in [0.15, 0.2) is 84.9 Å². The van der Waals surface area contributed by atoms with Gasteiger partial charge in [0, 0.05) is 12.1 Å². The van der Waals surface area contributed by atoms with Gasteiger partial charge in [-0.05, 0) is 24.1 Å². The van der Waals surface area contributed by atoms with E-state index in [9.17, 15) is 19.7 Å². The predicted molar refractivity (Wildman–Crippen MR) is 111 cm³/mol. The van der Waals surface area contributed by atoms with E-state index >= 15 is 0 Å². The second kappa shape index (κ2) is 9.47. The number of hydrogen-bond acceptors (Lipinski definition) is 5. The monoisotopic (exact) mass is 404 g/mol. The van der Waals surface area contributed by atoms with Crippen LogP contribution in [0.1, 0.15) is 34.5 Å². The molecule has 0 aliphatic carbocycles. The Kier molecular flexibility index (Phi) is 6.54. The Morgan fingerprint density at radius 2 is 1.47 bits per heavy atom. The molecule has 1 amide bonds. The smallest absolute Gasteiger partial charge is 0.339 e. The molecule has 3 rings (SSSR count). The zero-order chi connectivity index (χ0) is 21.5. The van der Waals surface area contributed by atoms with Crippen LogP contribution in [0, 0.1) is 10.1 Å². The summed E-state index contributed by atoms with van der Waals surface area (Å²) in [6.45, 7) is 1.46. The number of rotatable bonds is 7. The van der Waals surface area contributed by atoms with Gasteiger partial charge in [-0.1, -0.05) is 66.7 Å². The molecule has 7 heteroatoms. The number of hydrogen-bond donors (Lipinski definition) is 1. The van der Waals surface area contributed by atoms with E-state index < -0.39 is 28.9 Å². The van der Waals surface area contributed by atoms with Gasteiger partial charge in [-0.15, -0.1) is 0 Å². The van der Waals surface area contributed by atoms with Gasteiger partial charge in [-0.3, -0.25) is 14.9 Å². The molecule has 3 aromatic rings. The second-order valence-electron chi connectivity index (χ2n) is 6.62. The van der Waals surface area contributed by atoms with Gasteiger partial charge in [0.15, 0.2) is 6.10 Å². The second-order valence-corrected chi connectivity index (χ2v) is 6.62. The van der Waals surface area contributed by atoms with Crippen LogP contribution >= 0.6 is 0 Å². The van der Waals surface area contributed by atoms with Crippen molar-refractivity contribution < 1.29 is 19.2 Å². The zero-order valence-corrected chi connectivity index (χ0v) is 16.2. The Labute approximate surface area is 173 Å². The highest BCUT2D eigenvalue weighted by Crippen LogP contribution is 2.22. The van der Waals surface area contributed by atoms with Crippen LogP contribution in [0.25, 0.3) is 0 Å². The Morgan fingerprint density at radius 3 is 2.00 bits per heavy atom. The van der Waals surface area contributed by atoms with Crippen molar-refractivity contribution in [3.8, 4) is 0 Å². The van der Waals surface area contributed by atoms with Gasteiger partial charge in [-0.25, -0.2) is 4.79 Å². The highest BCUT2D eigenvalue weighted by Gasteiger charge is 2.24. The predicted octanol–water partition coefficient (Wildman–Crippen LogP) is 4.05. The standard InChI is InChI=1S/C23H20N2O5/c1-16(30-23(27)19-13-8-14-20(15-19)25(28)29)22(26)24-21(17-9-4-2-5-10-17)18-11-6-3-7-12-18/h2-16,21H,1H3,(H,24,26)/t16-/m1/s1. The molecule has 0 unspecified atom stereocenters. The number of nitro groups is 1. The fourth-order valence-electron chi connectivity index (χ4n) is 2.94. The third-order valence-electron chi connectivity index (χ3n) is 4.50. The maximum absolute atomic E-state index is 12.7. The summed E-state index contributed by atoms with van der Waals surface area (Å²) in [4.78, 5) is 35.4. The van der Waals surface area contributed by atoms with E-state index in [4.69, 9.17) is 4.74 Å². The molecule has 152 valence electrons. The maximum atomic E-state index is 12.7. The fraction of sp³-hybridized carbons (Fsp3) is 0.130. The lowest BCUT2D eigenvalue weighted by molar-refractivity contribution is -0.384. The number of carbonyl (C=O) groups is 2. The molecule has 0 spiro atoms. The van der Waals surface area contributed by atoms with Crippen LogP contribution in [-0.4, -0.2) is 22.9 Å². The quantitative estimate of drug-likeness (QED) is 0.364. The summed E-state index contributed by atoms with van der Waals surface area (Å²) < 4.78 is 5.23. The highest BCUT2D eigenvalue weighted by molar-refractivity contribution is 5.92. The number of ether oxygens (including phenoxy) is 1. The molecule has 0 heterocycles. The minimum absolute atomic E-state index is 0.00604. The van der Waals surface area contributed by atoms with Crippen molar-refractivity contribution in [2.75, 3.05) is 0 Å². The summed E-state index contributed by atoms with van der Waals surface area (Å²) in [5.74, 6) is -1.29. The lowest BCUT2D eigenvalue weighted by atomic mass is 9.98. The molecule has 1 N–H and O–H groups in total. The van der Waals surface area contributed by atoms with Crippen molar-refractivity contribution in [3.05, 3.63) is 112 Å². The molecule has 0 saturated carbocycles. The van der Waals surface area contributed by atoms with Gasteiger partial charge in [-0.2, -0.15) is 0 Å². The molecule has 0 aliphatic rings. The van der Waals surface area contributed by atoms with E-state index in [1.54, 1.807) is 0 Å². The van der Waals surface area contributed by atoms with E-state index in [-0.39, 0.29) is 11.3 Å². The first-order valence-corrected chi connectivity index (χ1v) is 9.31. The minimum atomic E-state index is -1.09. The average Bonchev–Trinajstić information content (AvgIpc) is 2.78. The number of benzene rings is 3. The molecule has 3 aromatic carbocycles. The minimum Gasteiger partial charge on any atom is -0.449 e. The lowest BCUT2D eigenvalue weighted by Crippen LogP contribution is -2.38. The van der Waals surface area contributed by atoms with E-state index in [0.717, 1.165) is 17.2 Å². The summed E-state index contributed by atoms with van der Waals surface area (Å²) in [6, 6.07) is 23.6. The molecule has 30 heavy (non-hydrogen) atoms. The van der Waals surface area contributed by atoms with Crippen LogP contribution in [0.2, 0.25) is 0 Å². The molecule has 0 bridgehead atoms. The number of non-ortho nitro benzene ring substituents is 1. The molecule has 0 saturated heterocycles. The molecular weight excluding hydrogens is 384 g/mol. The molecule has 0 aromatic heterocycles.